The first kappa shape index (κ1) is 14.1. The molecule has 1 aromatic rings. The summed E-state index contributed by atoms with van der Waals surface area (Å²) in [4.78, 5) is 5.13. The van der Waals surface area contributed by atoms with Gasteiger partial charge in [0.2, 0.25) is 0 Å². The van der Waals surface area contributed by atoms with E-state index in [0.717, 1.165) is 12.6 Å². The minimum absolute atomic E-state index is 0.521. The fraction of sp³-hybridized carbons (Fsp3) is 0.647. The molecule has 2 aliphatic rings. The third-order valence-electron chi connectivity index (χ3n) is 4.79. The van der Waals surface area contributed by atoms with Gasteiger partial charge >= 0.3 is 0 Å². The van der Waals surface area contributed by atoms with E-state index in [2.05, 4.69) is 59.4 Å². The number of rotatable bonds is 5. The van der Waals surface area contributed by atoms with Crippen LogP contribution in [-0.4, -0.2) is 55.1 Å². The second-order valence-electron chi connectivity index (χ2n) is 6.43. The second-order valence-corrected chi connectivity index (χ2v) is 6.43. The van der Waals surface area contributed by atoms with Gasteiger partial charge in [0.05, 0.1) is 0 Å². The van der Waals surface area contributed by atoms with Crippen molar-refractivity contribution in [3.05, 3.63) is 35.9 Å². The van der Waals surface area contributed by atoms with Crippen molar-refractivity contribution in [1.29, 1.82) is 0 Å². The van der Waals surface area contributed by atoms with E-state index in [0.29, 0.717) is 12.1 Å². The lowest BCUT2D eigenvalue weighted by Gasteiger charge is -2.42. The predicted octanol–water partition coefficient (Wildman–Crippen LogP) is 2.12. The highest BCUT2D eigenvalue weighted by atomic mass is 15.3. The topological polar surface area (TPSA) is 18.5 Å². The van der Waals surface area contributed by atoms with Crippen molar-refractivity contribution < 1.29 is 0 Å². The minimum atomic E-state index is 0.521. The van der Waals surface area contributed by atoms with Crippen molar-refractivity contribution in [3.8, 4) is 0 Å². The van der Waals surface area contributed by atoms with Crippen LogP contribution in [-0.2, 0) is 0 Å². The molecule has 110 valence electrons. The molecule has 1 saturated heterocycles. The molecule has 2 atom stereocenters. The molecule has 1 aliphatic heterocycles. The van der Waals surface area contributed by atoms with Crippen molar-refractivity contribution in [3.63, 3.8) is 0 Å². The molecular formula is C17H27N3. The highest BCUT2D eigenvalue weighted by Gasteiger charge is 2.29. The number of piperazine rings is 1. The Morgan fingerprint density at radius 3 is 2.60 bits per heavy atom. The van der Waals surface area contributed by atoms with Crippen LogP contribution in [0.15, 0.2) is 30.3 Å². The first-order valence-corrected chi connectivity index (χ1v) is 7.96. The SMILES string of the molecule is CC1CN(C(CNC2CC2)c2ccccc2)CCN1C. The van der Waals surface area contributed by atoms with Crippen molar-refractivity contribution in [1.82, 2.24) is 15.1 Å². The smallest absolute Gasteiger partial charge is 0.0473 e. The molecule has 0 radical (unpaired) electrons. The van der Waals surface area contributed by atoms with Crippen LogP contribution in [0.3, 0.4) is 0 Å². The van der Waals surface area contributed by atoms with Crippen LogP contribution >= 0.6 is 0 Å². The van der Waals surface area contributed by atoms with Gasteiger partial charge in [-0.2, -0.15) is 0 Å². The first-order valence-electron chi connectivity index (χ1n) is 7.96. The molecule has 1 saturated carbocycles. The average Bonchev–Trinajstić information content (AvgIpc) is 3.28. The Bertz CT molecular complexity index is 416. The summed E-state index contributed by atoms with van der Waals surface area (Å²) in [5, 5.41) is 3.72. The average molecular weight is 273 g/mol. The number of hydrogen-bond acceptors (Lipinski definition) is 3. The molecule has 1 aliphatic carbocycles. The summed E-state index contributed by atoms with van der Waals surface area (Å²) >= 11 is 0. The summed E-state index contributed by atoms with van der Waals surface area (Å²) in [7, 11) is 2.24. The van der Waals surface area contributed by atoms with Gasteiger partial charge in [0.25, 0.3) is 0 Å². The molecule has 0 spiro atoms. The molecule has 1 N–H and O–H groups in total. The summed E-state index contributed by atoms with van der Waals surface area (Å²) in [6.45, 7) is 6.94. The van der Waals surface area contributed by atoms with E-state index in [-0.39, 0.29) is 0 Å². The fourth-order valence-corrected chi connectivity index (χ4v) is 3.06. The molecule has 20 heavy (non-hydrogen) atoms. The summed E-state index contributed by atoms with van der Waals surface area (Å²) in [6, 6.07) is 13.0. The maximum Gasteiger partial charge on any atom is 0.0473 e. The van der Waals surface area contributed by atoms with E-state index < -0.39 is 0 Å². The zero-order chi connectivity index (χ0) is 13.9. The highest BCUT2D eigenvalue weighted by Crippen LogP contribution is 2.25. The van der Waals surface area contributed by atoms with Crippen molar-refractivity contribution in [2.75, 3.05) is 33.2 Å². The van der Waals surface area contributed by atoms with Crippen LogP contribution in [0.2, 0.25) is 0 Å². The van der Waals surface area contributed by atoms with Gasteiger partial charge in [-0.3, -0.25) is 4.90 Å². The van der Waals surface area contributed by atoms with Gasteiger partial charge in [0.1, 0.15) is 0 Å². The number of benzene rings is 1. The van der Waals surface area contributed by atoms with Crippen LogP contribution in [0.5, 0.6) is 0 Å². The van der Waals surface area contributed by atoms with Crippen LogP contribution in [0.4, 0.5) is 0 Å². The lowest BCUT2D eigenvalue weighted by atomic mass is 10.0. The van der Waals surface area contributed by atoms with Gasteiger partial charge in [-0.25, -0.2) is 0 Å². The molecule has 2 unspecified atom stereocenters. The Kier molecular flexibility index (Phi) is 4.39. The Hall–Kier alpha value is -0.900. The summed E-state index contributed by atoms with van der Waals surface area (Å²) in [6.07, 6.45) is 2.72. The zero-order valence-corrected chi connectivity index (χ0v) is 12.8. The standard InChI is InChI=1S/C17H27N3/c1-14-13-20(11-10-19(14)2)17(12-18-16-8-9-16)15-6-4-3-5-7-15/h3-7,14,16-18H,8-13H2,1-2H3. The van der Waals surface area contributed by atoms with E-state index >= 15 is 0 Å². The van der Waals surface area contributed by atoms with Gasteiger partial charge in [0.15, 0.2) is 0 Å². The van der Waals surface area contributed by atoms with Crippen molar-refractivity contribution >= 4 is 0 Å². The summed E-state index contributed by atoms with van der Waals surface area (Å²) in [5.41, 5.74) is 1.46. The lowest BCUT2D eigenvalue weighted by Crippen LogP contribution is -2.52. The van der Waals surface area contributed by atoms with E-state index in [4.69, 9.17) is 0 Å². The molecule has 0 aromatic heterocycles. The van der Waals surface area contributed by atoms with Gasteiger partial charge in [0, 0.05) is 44.3 Å². The van der Waals surface area contributed by atoms with Crippen molar-refractivity contribution in [2.24, 2.45) is 0 Å². The fourth-order valence-electron chi connectivity index (χ4n) is 3.06. The molecule has 2 fully saturated rings. The molecule has 3 heteroatoms. The second kappa shape index (κ2) is 6.25. The van der Waals surface area contributed by atoms with Crippen LogP contribution in [0.1, 0.15) is 31.4 Å². The number of nitrogens with zero attached hydrogens (tertiary/aromatic N) is 2. The van der Waals surface area contributed by atoms with E-state index in [9.17, 15) is 0 Å². The zero-order valence-electron chi connectivity index (χ0n) is 12.8. The molecule has 1 heterocycles. The van der Waals surface area contributed by atoms with E-state index in [1.165, 1.54) is 38.0 Å². The lowest BCUT2D eigenvalue weighted by molar-refractivity contribution is 0.0709. The molecule has 0 amide bonds. The van der Waals surface area contributed by atoms with Crippen LogP contribution in [0.25, 0.3) is 0 Å². The van der Waals surface area contributed by atoms with Gasteiger partial charge in [-0.15, -0.1) is 0 Å². The molecule has 0 bridgehead atoms. The van der Waals surface area contributed by atoms with Gasteiger partial charge in [-0.1, -0.05) is 30.3 Å². The van der Waals surface area contributed by atoms with Crippen LogP contribution < -0.4 is 5.32 Å². The normalized spacial score (nSPS) is 26.6. The largest absolute Gasteiger partial charge is 0.312 e. The number of hydrogen-bond donors (Lipinski definition) is 1. The molecule has 1 aromatic carbocycles. The first-order chi connectivity index (χ1) is 9.74. The molecular weight excluding hydrogens is 246 g/mol. The maximum absolute atomic E-state index is 3.72. The molecule has 3 rings (SSSR count). The number of likely N-dealkylation sites (N-methyl/N-ethyl adjacent to an activating group) is 1. The summed E-state index contributed by atoms with van der Waals surface area (Å²) < 4.78 is 0. The molecule has 3 nitrogen and oxygen atoms in total. The third-order valence-corrected chi connectivity index (χ3v) is 4.79. The monoisotopic (exact) mass is 273 g/mol. The summed E-state index contributed by atoms with van der Waals surface area (Å²) in [5.74, 6) is 0. The Morgan fingerprint density at radius 2 is 1.95 bits per heavy atom. The van der Waals surface area contributed by atoms with Gasteiger partial charge in [-0.05, 0) is 32.4 Å². The quantitative estimate of drug-likeness (QED) is 0.886. The van der Waals surface area contributed by atoms with E-state index in [1.54, 1.807) is 0 Å². The maximum atomic E-state index is 3.72. The van der Waals surface area contributed by atoms with Gasteiger partial charge < -0.3 is 10.2 Å². The number of nitrogens with one attached hydrogen (secondary N) is 1. The Morgan fingerprint density at radius 1 is 1.20 bits per heavy atom. The Balaban J connectivity index is 1.70. The third kappa shape index (κ3) is 3.40. The highest BCUT2D eigenvalue weighted by molar-refractivity contribution is 5.20. The Labute approximate surface area is 123 Å². The minimum Gasteiger partial charge on any atom is -0.312 e. The van der Waals surface area contributed by atoms with Crippen molar-refractivity contribution in [2.45, 2.75) is 37.9 Å². The van der Waals surface area contributed by atoms with E-state index in [1.807, 2.05) is 0 Å². The predicted molar refractivity (Wildman–Crippen MR) is 83.9 cm³/mol. The van der Waals surface area contributed by atoms with Crippen LogP contribution in [0, 0.1) is 0 Å².